The summed E-state index contributed by atoms with van der Waals surface area (Å²) in [5.74, 6) is 0.325. The van der Waals surface area contributed by atoms with Crippen molar-refractivity contribution in [3.05, 3.63) is 55.8 Å². The van der Waals surface area contributed by atoms with Crippen LogP contribution in [0.5, 0.6) is 0 Å². The lowest BCUT2D eigenvalue weighted by atomic mass is 10.1. The molecule has 1 aliphatic carbocycles. The summed E-state index contributed by atoms with van der Waals surface area (Å²) in [6.07, 6.45) is 1.90. The van der Waals surface area contributed by atoms with Crippen LogP contribution in [0.4, 0.5) is 17.2 Å². The van der Waals surface area contributed by atoms with Crippen molar-refractivity contribution in [3.8, 4) is 0 Å². The van der Waals surface area contributed by atoms with Gasteiger partial charge >= 0.3 is 0 Å². The lowest BCUT2D eigenvalue weighted by molar-refractivity contribution is -0.394. The van der Waals surface area contributed by atoms with Gasteiger partial charge in [-0.25, -0.2) is 0 Å². The number of benzene rings is 1. The van der Waals surface area contributed by atoms with Gasteiger partial charge in [-0.05, 0) is 18.9 Å². The Morgan fingerprint density at radius 2 is 2.00 bits per heavy atom. The molecular weight excluding hydrogens is 318 g/mol. The zero-order valence-corrected chi connectivity index (χ0v) is 12.4. The number of non-ortho nitro benzene ring substituents is 1. The molecule has 0 unspecified atom stereocenters. The van der Waals surface area contributed by atoms with Gasteiger partial charge in [-0.2, -0.15) is 5.10 Å². The van der Waals surface area contributed by atoms with Gasteiger partial charge in [-0.1, -0.05) is 0 Å². The Morgan fingerprint density at radius 3 is 2.62 bits per heavy atom. The zero-order valence-electron chi connectivity index (χ0n) is 12.4. The highest BCUT2D eigenvalue weighted by Crippen LogP contribution is 2.39. The van der Waals surface area contributed by atoms with E-state index in [2.05, 4.69) is 15.5 Å². The van der Waals surface area contributed by atoms with Crippen molar-refractivity contribution in [1.82, 2.24) is 10.2 Å². The summed E-state index contributed by atoms with van der Waals surface area (Å²) in [5.41, 5.74) is 0.194. The lowest BCUT2D eigenvalue weighted by Crippen LogP contribution is -2.15. The number of anilines is 1. The Morgan fingerprint density at radius 1 is 1.25 bits per heavy atom. The molecule has 24 heavy (non-hydrogen) atoms. The van der Waals surface area contributed by atoms with Gasteiger partial charge in [0.2, 0.25) is 5.91 Å². The number of nitro benzene ring substituents is 2. The summed E-state index contributed by atoms with van der Waals surface area (Å²) >= 11 is 0. The van der Waals surface area contributed by atoms with Crippen LogP contribution in [-0.4, -0.2) is 26.0 Å². The van der Waals surface area contributed by atoms with E-state index in [0.717, 1.165) is 30.7 Å². The van der Waals surface area contributed by atoms with Crippen LogP contribution in [0, 0.1) is 20.2 Å². The Labute approximate surface area is 135 Å². The molecule has 1 aromatic heterocycles. The molecule has 0 bridgehead atoms. The minimum absolute atomic E-state index is 0.0982. The van der Waals surface area contributed by atoms with E-state index >= 15 is 0 Å². The van der Waals surface area contributed by atoms with Crippen molar-refractivity contribution in [1.29, 1.82) is 0 Å². The number of rotatable bonds is 6. The highest BCUT2D eigenvalue weighted by atomic mass is 16.6. The highest BCUT2D eigenvalue weighted by Gasteiger charge is 2.26. The second-order valence-electron chi connectivity index (χ2n) is 5.53. The predicted molar refractivity (Wildman–Crippen MR) is 82.6 cm³/mol. The maximum Gasteiger partial charge on any atom is 0.279 e. The van der Waals surface area contributed by atoms with Gasteiger partial charge in [0.1, 0.15) is 0 Å². The third-order valence-electron chi connectivity index (χ3n) is 3.71. The third kappa shape index (κ3) is 3.37. The maximum absolute atomic E-state index is 12.0. The molecule has 1 fully saturated rings. The fourth-order valence-electron chi connectivity index (χ4n) is 2.35. The number of nitro groups is 2. The van der Waals surface area contributed by atoms with Crippen LogP contribution in [0.25, 0.3) is 0 Å². The first-order chi connectivity index (χ1) is 11.4. The number of nitrogens with zero attached hydrogens (tertiary/aromatic N) is 3. The van der Waals surface area contributed by atoms with Crippen LogP contribution >= 0.6 is 0 Å². The topological polar surface area (TPSA) is 144 Å². The van der Waals surface area contributed by atoms with Crippen LogP contribution in [0.2, 0.25) is 0 Å². The van der Waals surface area contributed by atoms with Crippen molar-refractivity contribution in [2.24, 2.45) is 0 Å². The summed E-state index contributed by atoms with van der Waals surface area (Å²) in [6, 6.07) is 4.94. The molecule has 2 N–H and O–H groups in total. The molecule has 10 nitrogen and oxygen atoms in total. The molecule has 0 saturated heterocycles. The van der Waals surface area contributed by atoms with Crippen LogP contribution in [-0.2, 0) is 11.2 Å². The summed E-state index contributed by atoms with van der Waals surface area (Å²) in [5, 5.41) is 31.1. The van der Waals surface area contributed by atoms with Gasteiger partial charge < -0.3 is 5.32 Å². The van der Waals surface area contributed by atoms with Gasteiger partial charge in [-0.3, -0.25) is 30.1 Å². The lowest BCUT2D eigenvalue weighted by Gasteiger charge is -2.03. The molecule has 1 aromatic carbocycles. The average Bonchev–Trinajstić information content (AvgIpc) is 3.27. The molecule has 2 aromatic rings. The third-order valence-corrected chi connectivity index (χ3v) is 3.71. The van der Waals surface area contributed by atoms with Gasteiger partial charge in [0.15, 0.2) is 5.82 Å². The van der Waals surface area contributed by atoms with Crippen LogP contribution in [0.3, 0.4) is 0 Å². The predicted octanol–water partition coefficient (Wildman–Crippen LogP) is 2.28. The van der Waals surface area contributed by atoms with E-state index in [1.165, 1.54) is 6.07 Å². The van der Waals surface area contributed by atoms with Crippen molar-refractivity contribution in [2.75, 3.05) is 5.32 Å². The fourth-order valence-corrected chi connectivity index (χ4v) is 2.35. The maximum atomic E-state index is 12.0. The van der Waals surface area contributed by atoms with E-state index in [0.29, 0.717) is 11.7 Å². The minimum atomic E-state index is -0.741. The van der Waals surface area contributed by atoms with Crippen LogP contribution < -0.4 is 5.32 Å². The van der Waals surface area contributed by atoms with E-state index in [9.17, 15) is 25.0 Å². The monoisotopic (exact) mass is 331 g/mol. The Balaban J connectivity index is 1.72. The van der Waals surface area contributed by atoms with Gasteiger partial charge in [0.05, 0.1) is 22.3 Å². The fraction of sp³-hybridized carbons (Fsp3) is 0.286. The van der Waals surface area contributed by atoms with Crippen molar-refractivity contribution in [2.45, 2.75) is 25.2 Å². The standard InChI is InChI=1S/C14H13N5O5/c20-14(15-13-7-11(16-17-13)8-1-2-8)5-9-3-4-10(18(21)22)6-12(9)19(23)24/h3-4,6-8H,1-2,5H2,(H2,15,16,17,20). The molecule has 0 spiro atoms. The molecule has 10 heteroatoms. The molecule has 0 atom stereocenters. The summed E-state index contributed by atoms with van der Waals surface area (Å²) < 4.78 is 0. The van der Waals surface area contributed by atoms with Gasteiger partial charge in [0, 0.05) is 29.3 Å². The average molecular weight is 331 g/mol. The normalized spacial score (nSPS) is 13.5. The van der Waals surface area contributed by atoms with Gasteiger partial charge in [-0.15, -0.1) is 0 Å². The van der Waals surface area contributed by atoms with E-state index in [1.54, 1.807) is 6.07 Å². The number of aromatic amines is 1. The van der Waals surface area contributed by atoms with E-state index in [1.807, 2.05) is 0 Å². The SMILES string of the molecule is O=C(Cc1ccc([N+](=O)[O-])cc1[N+](=O)[O-])Nc1cc(C2CC2)[nH]n1. The number of carbonyl (C=O) groups excluding carboxylic acids is 1. The molecule has 0 aliphatic heterocycles. The van der Waals surface area contributed by atoms with Crippen molar-refractivity contribution in [3.63, 3.8) is 0 Å². The number of hydrogen-bond donors (Lipinski definition) is 2. The molecule has 124 valence electrons. The first-order valence-electron chi connectivity index (χ1n) is 7.21. The molecule has 1 saturated carbocycles. The van der Waals surface area contributed by atoms with Crippen LogP contribution in [0.15, 0.2) is 24.3 Å². The number of H-pyrrole nitrogens is 1. The molecule has 3 rings (SSSR count). The second kappa shape index (κ2) is 6.07. The number of carbonyl (C=O) groups is 1. The Hall–Kier alpha value is -3.30. The molecule has 1 aliphatic rings. The largest absolute Gasteiger partial charge is 0.309 e. The highest BCUT2D eigenvalue weighted by molar-refractivity contribution is 5.92. The Bertz CT molecular complexity index is 827. The number of hydrogen-bond acceptors (Lipinski definition) is 6. The number of nitrogens with one attached hydrogen (secondary N) is 2. The number of amides is 1. The second-order valence-corrected chi connectivity index (χ2v) is 5.53. The van der Waals surface area contributed by atoms with E-state index in [4.69, 9.17) is 0 Å². The molecule has 0 radical (unpaired) electrons. The quantitative estimate of drug-likeness (QED) is 0.613. The van der Waals surface area contributed by atoms with E-state index in [-0.39, 0.29) is 12.0 Å². The zero-order chi connectivity index (χ0) is 17.3. The molecule has 1 amide bonds. The summed E-state index contributed by atoms with van der Waals surface area (Å²) in [4.78, 5) is 32.3. The van der Waals surface area contributed by atoms with Gasteiger partial charge in [0.25, 0.3) is 11.4 Å². The minimum Gasteiger partial charge on any atom is -0.309 e. The first kappa shape index (κ1) is 15.6. The number of aromatic nitrogens is 2. The van der Waals surface area contributed by atoms with Crippen molar-refractivity contribution >= 4 is 23.1 Å². The van der Waals surface area contributed by atoms with E-state index < -0.39 is 27.1 Å². The molecule has 1 heterocycles. The molecular formula is C14H13N5O5. The smallest absolute Gasteiger partial charge is 0.279 e. The summed E-state index contributed by atoms with van der Waals surface area (Å²) in [7, 11) is 0. The Kier molecular flexibility index (Phi) is 3.94. The first-order valence-corrected chi connectivity index (χ1v) is 7.21. The van der Waals surface area contributed by atoms with Crippen molar-refractivity contribution < 1.29 is 14.6 Å². The van der Waals surface area contributed by atoms with Crippen LogP contribution in [0.1, 0.15) is 30.0 Å². The summed E-state index contributed by atoms with van der Waals surface area (Å²) in [6.45, 7) is 0.